The first-order chi connectivity index (χ1) is 16.4. The van der Waals surface area contributed by atoms with E-state index in [-0.39, 0.29) is 22.0 Å². The molecule has 1 aromatic heterocycles. The molecular weight excluding hydrogens is 476 g/mol. The van der Waals surface area contributed by atoms with Gasteiger partial charge in [-0.1, -0.05) is 41.9 Å². The Balaban J connectivity index is 1.62. The first-order valence-electron chi connectivity index (χ1n) is 10.0. The second-order valence-corrected chi connectivity index (χ2v) is 9.33. The van der Waals surface area contributed by atoms with Gasteiger partial charge >= 0.3 is 0 Å². The minimum Gasteiger partial charge on any atom is -0.322 e. The lowest BCUT2D eigenvalue weighted by Gasteiger charge is -2.24. The summed E-state index contributed by atoms with van der Waals surface area (Å²) < 4.78 is 29.5. The fraction of sp³-hybridized carbons (Fsp3) is 0.0435. The maximum absolute atomic E-state index is 13.5. The number of aromatic nitrogens is 4. The van der Waals surface area contributed by atoms with E-state index in [9.17, 15) is 13.2 Å². The summed E-state index contributed by atoms with van der Waals surface area (Å²) >= 11 is 6.25. The van der Waals surface area contributed by atoms with Crippen LogP contribution in [0, 0.1) is 0 Å². The van der Waals surface area contributed by atoms with E-state index >= 15 is 0 Å². The van der Waals surface area contributed by atoms with E-state index in [0.29, 0.717) is 17.1 Å². The molecule has 172 valence electrons. The SMILES string of the molecule is C=CCN(c1ccccc1Cl)S(=O)(=O)c1cccc(C(=O)Nc2cccc(-n3cnnn3)c2)c1. The predicted octanol–water partition coefficient (Wildman–Crippen LogP) is 3.95. The third kappa shape index (κ3) is 4.82. The van der Waals surface area contributed by atoms with Crippen LogP contribution in [-0.4, -0.2) is 41.1 Å². The van der Waals surface area contributed by atoms with Gasteiger partial charge in [-0.25, -0.2) is 13.1 Å². The third-order valence-electron chi connectivity index (χ3n) is 4.82. The van der Waals surface area contributed by atoms with Gasteiger partial charge in [0.25, 0.3) is 15.9 Å². The van der Waals surface area contributed by atoms with Crippen LogP contribution >= 0.6 is 11.6 Å². The highest BCUT2D eigenvalue weighted by atomic mass is 35.5. The Bertz CT molecular complexity index is 1440. The Morgan fingerprint density at radius 2 is 1.88 bits per heavy atom. The maximum atomic E-state index is 13.5. The van der Waals surface area contributed by atoms with Gasteiger partial charge in [-0.3, -0.25) is 9.10 Å². The summed E-state index contributed by atoms with van der Waals surface area (Å²) in [4.78, 5) is 12.9. The Morgan fingerprint density at radius 1 is 1.09 bits per heavy atom. The third-order valence-corrected chi connectivity index (χ3v) is 6.91. The summed E-state index contributed by atoms with van der Waals surface area (Å²) in [6, 6.07) is 19.3. The van der Waals surface area contributed by atoms with Crippen LogP contribution in [0.5, 0.6) is 0 Å². The minimum absolute atomic E-state index is 0.00637. The molecule has 3 aromatic carbocycles. The lowest BCUT2D eigenvalue weighted by Crippen LogP contribution is -2.31. The van der Waals surface area contributed by atoms with Crippen LogP contribution in [0.2, 0.25) is 5.02 Å². The molecule has 0 aliphatic rings. The van der Waals surface area contributed by atoms with E-state index in [1.807, 2.05) is 0 Å². The largest absolute Gasteiger partial charge is 0.322 e. The average Bonchev–Trinajstić information content (AvgIpc) is 3.38. The molecule has 1 heterocycles. The van der Waals surface area contributed by atoms with Crippen molar-refractivity contribution in [2.45, 2.75) is 4.90 Å². The summed E-state index contributed by atoms with van der Waals surface area (Å²) in [5, 5.41) is 14.1. The number of hydrogen-bond donors (Lipinski definition) is 1. The molecule has 0 aliphatic heterocycles. The summed E-state index contributed by atoms with van der Waals surface area (Å²) in [7, 11) is -4.03. The van der Waals surface area contributed by atoms with Crippen LogP contribution < -0.4 is 9.62 Å². The number of carbonyl (C=O) groups is 1. The molecule has 34 heavy (non-hydrogen) atoms. The van der Waals surface area contributed by atoms with Gasteiger partial charge in [0.1, 0.15) is 6.33 Å². The van der Waals surface area contributed by atoms with Gasteiger partial charge < -0.3 is 5.32 Å². The van der Waals surface area contributed by atoms with Crippen molar-refractivity contribution in [3.8, 4) is 5.69 Å². The van der Waals surface area contributed by atoms with Crippen molar-refractivity contribution in [3.63, 3.8) is 0 Å². The Morgan fingerprint density at radius 3 is 2.62 bits per heavy atom. The van der Waals surface area contributed by atoms with Crippen molar-refractivity contribution in [1.82, 2.24) is 20.2 Å². The smallest absolute Gasteiger partial charge is 0.264 e. The molecule has 1 amide bonds. The van der Waals surface area contributed by atoms with Gasteiger partial charge in [0.2, 0.25) is 0 Å². The number of halogens is 1. The van der Waals surface area contributed by atoms with Crippen LogP contribution in [0.4, 0.5) is 11.4 Å². The van der Waals surface area contributed by atoms with Crippen LogP contribution in [0.1, 0.15) is 10.4 Å². The van der Waals surface area contributed by atoms with Gasteiger partial charge in [-0.05, 0) is 59.0 Å². The van der Waals surface area contributed by atoms with Gasteiger partial charge in [-0.2, -0.15) is 0 Å². The van der Waals surface area contributed by atoms with Crippen LogP contribution in [0.25, 0.3) is 5.69 Å². The van der Waals surface area contributed by atoms with Gasteiger partial charge in [0.15, 0.2) is 0 Å². The van der Waals surface area contributed by atoms with E-state index < -0.39 is 15.9 Å². The fourth-order valence-corrected chi connectivity index (χ4v) is 5.02. The zero-order chi connectivity index (χ0) is 24.1. The lowest BCUT2D eigenvalue weighted by molar-refractivity contribution is 0.102. The Hall–Kier alpha value is -4.02. The first kappa shape index (κ1) is 23.1. The summed E-state index contributed by atoms with van der Waals surface area (Å²) in [5.41, 5.74) is 1.64. The van der Waals surface area contributed by atoms with Crippen LogP contribution in [0.15, 0.2) is 96.7 Å². The number of para-hydroxylation sites is 1. The van der Waals surface area contributed by atoms with Crippen molar-refractivity contribution < 1.29 is 13.2 Å². The summed E-state index contributed by atoms with van der Waals surface area (Å²) in [6.45, 7) is 3.66. The number of hydrogen-bond acceptors (Lipinski definition) is 6. The molecular formula is C23H19ClN6O3S. The summed E-state index contributed by atoms with van der Waals surface area (Å²) in [6.07, 6.45) is 2.90. The Kier molecular flexibility index (Phi) is 6.71. The molecule has 0 spiro atoms. The molecule has 0 aliphatic carbocycles. The second kappa shape index (κ2) is 9.86. The fourth-order valence-electron chi connectivity index (χ4n) is 3.23. The number of rotatable bonds is 8. The predicted molar refractivity (Wildman–Crippen MR) is 130 cm³/mol. The molecule has 11 heteroatoms. The lowest BCUT2D eigenvalue weighted by atomic mass is 10.2. The topological polar surface area (TPSA) is 110 Å². The average molecular weight is 495 g/mol. The standard InChI is InChI=1S/C23H19ClN6O3S/c1-2-13-30(22-12-4-3-11-21(22)24)34(32,33)20-10-5-7-17(14-20)23(31)26-18-8-6-9-19(15-18)29-16-25-27-28-29/h2-12,14-16H,1,13H2,(H,26,31). The van der Waals surface area contributed by atoms with E-state index in [1.165, 1.54) is 41.4 Å². The zero-order valence-corrected chi connectivity index (χ0v) is 19.3. The van der Waals surface area contributed by atoms with E-state index in [4.69, 9.17) is 11.6 Å². The number of nitrogens with zero attached hydrogens (tertiary/aromatic N) is 5. The van der Waals surface area contributed by atoms with E-state index in [0.717, 1.165) is 4.31 Å². The number of sulfonamides is 1. The molecule has 4 aromatic rings. The van der Waals surface area contributed by atoms with Gasteiger partial charge in [0.05, 0.1) is 27.8 Å². The molecule has 0 saturated carbocycles. The monoisotopic (exact) mass is 494 g/mol. The van der Waals surface area contributed by atoms with E-state index in [2.05, 4.69) is 27.4 Å². The quantitative estimate of drug-likeness (QED) is 0.371. The molecule has 0 bridgehead atoms. The molecule has 0 saturated heterocycles. The first-order valence-corrected chi connectivity index (χ1v) is 11.8. The maximum Gasteiger partial charge on any atom is 0.264 e. The number of anilines is 2. The number of carbonyl (C=O) groups excluding carboxylic acids is 1. The van der Waals surface area contributed by atoms with Crippen molar-refractivity contribution in [1.29, 1.82) is 0 Å². The van der Waals surface area contributed by atoms with E-state index in [1.54, 1.807) is 48.5 Å². The van der Waals surface area contributed by atoms with Gasteiger partial charge in [-0.15, -0.1) is 11.7 Å². The highest BCUT2D eigenvalue weighted by molar-refractivity contribution is 7.92. The Labute approximate surface area is 201 Å². The molecule has 4 rings (SSSR count). The normalized spacial score (nSPS) is 11.1. The number of benzene rings is 3. The van der Waals surface area contributed by atoms with Crippen molar-refractivity contribution in [3.05, 3.63) is 102 Å². The molecule has 1 N–H and O–H groups in total. The highest BCUT2D eigenvalue weighted by Crippen LogP contribution is 2.30. The number of nitrogens with one attached hydrogen (secondary N) is 1. The molecule has 0 atom stereocenters. The number of tetrazole rings is 1. The molecule has 0 fully saturated rings. The number of amides is 1. The summed E-state index contributed by atoms with van der Waals surface area (Å²) in [5.74, 6) is -0.473. The van der Waals surface area contributed by atoms with Gasteiger partial charge in [0, 0.05) is 11.3 Å². The minimum atomic E-state index is -4.03. The van der Waals surface area contributed by atoms with Crippen molar-refractivity contribution in [2.75, 3.05) is 16.2 Å². The van der Waals surface area contributed by atoms with Crippen LogP contribution in [0.3, 0.4) is 0 Å². The highest BCUT2D eigenvalue weighted by Gasteiger charge is 2.26. The molecule has 0 unspecified atom stereocenters. The zero-order valence-electron chi connectivity index (χ0n) is 17.7. The van der Waals surface area contributed by atoms with Crippen LogP contribution in [-0.2, 0) is 10.0 Å². The van der Waals surface area contributed by atoms with Crippen molar-refractivity contribution >= 4 is 38.9 Å². The second-order valence-electron chi connectivity index (χ2n) is 7.06. The molecule has 9 nitrogen and oxygen atoms in total. The molecule has 0 radical (unpaired) electrons. The van der Waals surface area contributed by atoms with Crippen molar-refractivity contribution in [2.24, 2.45) is 0 Å².